The third kappa shape index (κ3) is 5.06. The molecular formula is C26H20F2O6. The average Bonchev–Trinajstić information content (AvgIpc) is 2.84. The zero-order valence-electron chi connectivity index (χ0n) is 18.2. The van der Waals surface area contributed by atoms with Crippen molar-refractivity contribution in [3.63, 3.8) is 0 Å². The molecule has 0 aliphatic rings. The lowest BCUT2D eigenvalue weighted by Gasteiger charge is -2.09. The highest BCUT2D eigenvalue weighted by Gasteiger charge is 2.13. The van der Waals surface area contributed by atoms with Crippen LogP contribution >= 0.6 is 0 Å². The Morgan fingerprint density at radius 2 is 1.68 bits per heavy atom. The van der Waals surface area contributed by atoms with E-state index in [1.54, 1.807) is 12.1 Å². The summed E-state index contributed by atoms with van der Waals surface area (Å²) < 4.78 is 49.2. The number of rotatable bonds is 8. The lowest BCUT2D eigenvalue weighted by molar-refractivity contribution is 0.0505. The Kier molecular flexibility index (Phi) is 6.87. The van der Waals surface area contributed by atoms with Crippen molar-refractivity contribution in [2.75, 3.05) is 6.61 Å². The van der Waals surface area contributed by atoms with Crippen LogP contribution in [0.2, 0.25) is 0 Å². The summed E-state index contributed by atoms with van der Waals surface area (Å²) in [7, 11) is 0. The number of carbonyl (C=O) groups is 1. The molecule has 8 heteroatoms. The van der Waals surface area contributed by atoms with Gasteiger partial charge in [-0.15, -0.1) is 0 Å². The molecule has 174 valence electrons. The highest BCUT2D eigenvalue weighted by molar-refractivity contribution is 5.89. The second kappa shape index (κ2) is 10.2. The van der Waals surface area contributed by atoms with Gasteiger partial charge in [-0.25, -0.2) is 13.6 Å². The van der Waals surface area contributed by atoms with Gasteiger partial charge in [-0.05, 0) is 55.0 Å². The third-order valence-corrected chi connectivity index (χ3v) is 4.91. The van der Waals surface area contributed by atoms with E-state index >= 15 is 0 Å². The summed E-state index contributed by atoms with van der Waals surface area (Å²) in [5.74, 6) is -1.28. The van der Waals surface area contributed by atoms with Crippen LogP contribution in [0.15, 0.2) is 76.1 Å². The molecule has 1 heterocycles. The van der Waals surface area contributed by atoms with Crippen molar-refractivity contribution in [3.8, 4) is 17.2 Å². The summed E-state index contributed by atoms with van der Waals surface area (Å²) in [4.78, 5) is 24.7. The van der Waals surface area contributed by atoms with Gasteiger partial charge in [0.05, 0.1) is 23.1 Å². The number of fused-ring (bicyclic) bond motifs is 1. The van der Waals surface area contributed by atoms with E-state index in [-0.39, 0.29) is 34.6 Å². The van der Waals surface area contributed by atoms with Crippen molar-refractivity contribution < 1.29 is 32.2 Å². The number of carbonyl (C=O) groups excluding carboxylic acids is 1. The van der Waals surface area contributed by atoms with Crippen LogP contribution in [0.1, 0.15) is 29.3 Å². The lowest BCUT2D eigenvalue weighted by atomic mass is 10.2. The molecule has 0 unspecified atom stereocenters. The summed E-state index contributed by atoms with van der Waals surface area (Å²) in [6.07, 6.45) is 1.89. The van der Waals surface area contributed by atoms with Crippen LogP contribution in [-0.4, -0.2) is 12.6 Å². The number of halogens is 2. The summed E-state index contributed by atoms with van der Waals surface area (Å²) in [6.45, 7) is 1.92. The van der Waals surface area contributed by atoms with Crippen LogP contribution in [0, 0.1) is 11.6 Å². The normalized spacial score (nSPS) is 10.8. The second-order valence-electron chi connectivity index (χ2n) is 7.34. The van der Waals surface area contributed by atoms with Crippen molar-refractivity contribution in [2.24, 2.45) is 0 Å². The minimum Gasteiger partial charge on any atom is -0.489 e. The zero-order chi connectivity index (χ0) is 24.1. The van der Waals surface area contributed by atoms with Gasteiger partial charge in [0.15, 0.2) is 0 Å². The SMILES string of the molecule is CCCOC(=O)c1ccc(Oc2coc3cc(OCc4c(F)cccc4F)ccc3c2=O)cc1. The summed E-state index contributed by atoms with van der Waals surface area (Å²) in [5, 5.41) is 0.238. The lowest BCUT2D eigenvalue weighted by Crippen LogP contribution is -2.07. The van der Waals surface area contributed by atoms with Crippen LogP contribution in [0.3, 0.4) is 0 Å². The van der Waals surface area contributed by atoms with E-state index in [1.165, 1.54) is 36.4 Å². The molecule has 0 spiro atoms. The van der Waals surface area contributed by atoms with Gasteiger partial charge in [0.2, 0.25) is 11.2 Å². The minimum absolute atomic E-state index is 0.0455. The largest absolute Gasteiger partial charge is 0.489 e. The molecule has 4 rings (SSSR count). The van der Waals surface area contributed by atoms with Crippen LogP contribution in [0.4, 0.5) is 8.78 Å². The Morgan fingerprint density at radius 3 is 2.38 bits per heavy atom. The summed E-state index contributed by atoms with van der Waals surface area (Å²) in [6, 6.07) is 14.2. The highest BCUT2D eigenvalue weighted by Crippen LogP contribution is 2.25. The van der Waals surface area contributed by atoms with Gasteiger partial charge in [-0.1, -0.05) is 13.0 Å². The number of hydrogen-bond donors (Lipinski definition) is 0. The molecule has 0 atom stereocenters. The van der Waals surface area contributed by atoms with Crippen molar-refractivity contribution in [3.05, 3.63) is 99.9 Å². The number of ether oxygens (including phenoxy) is 3. The van der Waals surface area contributed by atoms with E-state index in [2.05, 4.69) is 0 Å². The standard InChI is InChI=1S/C26H20F2O6/c1-2-12-31-26(30)16-6-8-17(9-7-16)34-24-15-33-23-13-18(10-11-19(23)25(24)29)32-14-20-21(27)4-3-5-22(20)28/h3-11,13,15H,2,12,14H2,1H3. The van der Waals surface area contributed by atoms with Crippen LogP contribution < -0.4 is 14.9 Å². The van der Waals surface area contributed by atoms with E-state index in [9.17, 15) is 18.4 Å². The molecule has 0 aliphatic heterocycles. The monoisotopic (exact) mass is 466 g/mol. The molecule has 4 aromatic rings. The van der Waals surface area contributed by atoms with E-state index in [0.29, 0.717) is 17.9 Å². The van der Waals surface area contributed by atoms with Gasteiger partial charge < -0.3 is 18.6 Å². The first-order valence-corrected chi connectivity index (χ1v) is 10.5. The highest BCUT2D eigenvalue weighted by atomic mass is 19.1. The molecule has 34 heavy (non-hydrogen) atoms. The second-order valence-corrected chi connectivity index (χ2v) is 7.34. The predicted molar refractivity (Wildman–Crippen MR) is 120 cm³/mol. The number of hydrogen-bond acceptors (Lipinski definition) is 6. The molecule has 3 aromatic carbocycles. The van der Waals surface area contributed by atoms with Crippen molar-refractivity contribution >= 4 is 16.9 Å². The molecular weight excluding hydrogens is 446 g/mol. The van der Waals surface area contributed by atoms with E-state index < -0.39 is 23.0 Å². The molecule has 0 bridgehead atoms. The maximum atomic E-state index is 13.8. The molecule has 0 aliphatic carbocycles. The Bertz CT molecular complexity index is 1360. The number of esters is 1. The predicted octanol–water partition coefficient (Wildman–Crippen LogP) is 6.01. The smallest absolute Gasteiger partial charge is 0.338 e. The van der Waals surface area contributed by atoms with Crippen molar-refractivity contribution in [2.45, 2.75) is 20.0 Å². The topological polar surface area (TPSA) is 75.0 Å². The van der Waals surface area contributed by atoms with E-state index in [1.807, 2.05) is 6.92 Å². The van der Waals surface area contributed by atoms with Crippen molar-refractivity contribution in [1.29, 1.82) is 0 Å². The van der Waals surface area contributed by atoms with Crippen LogP contribution in [-0.2, 0) is 11.3 Å². The quantitative estimate of drug-likeness (QED) is 0.296. The molecule has 0 saturated heterocycles. The molecule has 6 nitrogen and oxygen atoms in total. The van der Waals surface area contributed by atoms with Crippen molar-refractivity contribution in [1.82, 2.24) is 0 Å². The average molecular weight is 466 g/mol. The van der Waals surface area contributed by atoms with Gasteiger partial charge in [0.1, 0.15) is 41.6 Å². The fraction of sp³-hybridized carbons (Fsp3) is 0.154. The summed E-state index contributed by atoms with van der Waals surface area (Å²) in [5.41, 5.74) is -0.0242. The maximum absolute atomic E-state index is 13.8. The van der Waals surface area contributed by atoms with Gasteiger partial charge in [-0.3, -0.25) is 4.79 Å². The molecule has 0 amide bonds. The van der Waals surface area contributed by atoms with Gasteiger partial charge in [0, 0.05) is 6.07 Å². The Balaban J connectivity index is 1.48. The van der Waals surface area contributed by atoms with Gasteiger partial charge >= 0.3 is 5.97 Å². The van der Waals surface area contributed by atoms with Crippen LogP contribution in [0.25, 0.3) is 11.0 Å². The third-order valence-electron chi connectivity index (χ3n) is 4.91. The molecule has 0 radical (unpaired) electrons. The Morgan fingerprint density at radius 1 is 0.971 bits per heavy atom. The Hall–Kier alpha value is -4.20. The molecule has 0 N–H and O–H groups in total. The summed E-state index contributed by atoms with van der Waals surface area (Å²) >= 11 is 0. The number of benzene rings is 3. The zero-order valence-corrected chi connectivity index (χ0v) is 18.2. The fourth-order valence-electron chi connectivity index (χ4n) is 3.14. The first kappa shape index (κ1) is 23.0. The van der Waals surface area contributed by atoms with Gasteiger partial charge in [0.25, 0.3) is 0 Å². The van der Waals surface area contributed by atoms with Crippen LogP contribution in [0.5, 0.6) is 17.2 Å². The van der Waals surface area contributed by atoms with E-state index in [4.69, 9.17) is 18.6 Å². The maximum Gasteiger partial charge on any atom is 0.338 e. The molecule has 0 saturated carbocycles. The van der Waals surface area contributed by atoms with Gasteiger partial charge in [-0.2, -0.15) is 0 Å². The molecule has 0 fully saturated rings. The first-order chi connectivity index (χ1) is 16.5. The van der Waals surface area contributed by atoms with E-state index in [0.717, 1.165) is 24.8 Å². The minimum atomic E-state index is -0.708. The molecule has 1 aromatic heterocycles. The fourth-order valence-corrected chi connectivity index (χ4v) is 3.14. The Labute approximate surface area is 193 Å². The first-order valence-electron chi connectivity index (χ1n) is 10.5.